The maximum absolute atomic E-state index is 5.06. The van der Waals surface area contributed by atoms with E-state index in [2.05, 4.69) is 50.6 Å². The summed E-state index contributed by atoms with van der Waals surface area (Å²) >= 11 is 5.29. The van der Waals surface area contributed by atoms with Gasteiger partial charge in [-0.1, -0.05) is 33.8 Å². The highest BCUT2D eigenvalue weighted by molar-refractivity contribution is 9.10. The topological polar surface area (TPSA) is 39.1 Å². The normalized spacial score (nSPS) is 11.0. The van der Waals surface area contributed by atoms with Crippen molar-refractivity contribution < 1.29 is 4.74 Å². The summed E-state index contributed by atoms with van der Waals surface area (Å²) in [6, 6.07) is 8.48. The van der Waals surface area contributed by atoms with Gasteiger partial charge in [0, 0.05) is 36.6 Å². The van der Waals surface area contributed by atoms with Crippen LogP contribution in [0.1, 0.15) is 11.3 Å². The second-order valence-corrected chi connectivity index (χ2v) is 6.75. The average molecular weight is 370 g/mol. The number of nitrogens with one attached hydrogen (secondary N) is 1. The van der Waals surface area contributed by atoms with Crippen LogP contribution < -0.4 is 5.32 Å². The Balaban J connectivity index is 2.13. The first-order valence-electron chi connectivity index (χ1n) is 6.76. The number of halogens is 1. The first-order chi connectivity index (χ1) is 10.1. The zero-order chi connectivity index (χ0) is 15.2. The standard InChI is InChI=1S/C15H20BrN3OS/c1-11-8-15(19(2)18-11)21-14-9-13(16)5-4-12(14)10-17-6-7-20-3/h4-5,8-9,17H,6-7,10H2,1-3H3. The molecule has 6 heteroatoms. The smallest absolute Gasteiger partial charge is 0.0987 e. The van der Waals surface area contributed by atoms with E-state index in [1.807, 2.05) is 18.7 Å². The molecule has 0 saturated carbocycles. The fraction of sp³-hybridized carbons (Fsp3) is 0.400. The molecule has 0 aliphatic carbocycles. The minimum Gasteiger partial charge on any atom is -0.383 e. The number of ether oxygens (including phenoxy) is 1. The van der Waals surface area contributed by atoms with E-state index in [9.17, 15) is 0 Å². The van der Waals surface area contributed by atoms with Gasteiger partial charge in [-0.3, -0.25) is 4.68 Å². The molecule has 0 saturated heterocycles. The Morgan fingerprint density at radius 1 is 1.38 bits per heavy atom. The predicted octanol–water partition coefficient (Wildman–Crippen LogP) is 3.38. The molecule has 1 aromatic heterocycles. The van der Waals surface area contributed by atoms with Gasteiger partial charge in [-0.25, -0.2) is 0 Å². The molecule has 0 atom stereocenters. The quantitative estimate of drug-likeness (QED) is 0.759. The Bertz CT molecular complexity index is 601. The van der Waals surface area contributed by atoms with Crippen molar-refractivity contribution >= 4 is 27.7 Å². The number of rotatable bonds is 7. The first kappa shape index (κ1) is 16.5. The van der Waals surface area contributed by atoms with Gasteiger partial charge >= 0.3 is 0 Å². The molecule has 0 unspecified atom stereocenters. The maximum atomic E-state index is 5.06. The molecule has 0 spiro atoms. The molecule has 4 nitrogen and oxygen atoms in total. The van der Waals surface area contributed by atoms with Gasteiger partial charge in [0.1, 0.15) is 0 Å². The maximum Gasteiger partial charge on any atom is 0.0987 e. The van der Waals surface area contributed by atoms with E-state index < -0.39 is 0 Å². The summed E-state index contributed by atoms with van der Waals surface area (Å²) in [5, 5.41) is 8.93. The minimum atomic E-state index is 0.722. The van der Waals surface area contributed by atoms with Crippen molar-refractivity contribution in [2.24, 2.45) is 7.05 Å². The van der Waals surface area contributed by atoms with Crippen LogP contribution in [-0.2, 0) is 18.3 Å². The molecule has 1 N–H and O–H groups in total. The Morgan fingerprint density at radius 2 is 2.19 bits per heavy atom. The second kappa shape index (κ2) is 7.98. The van der Waals surface area contributed by atoms with E-state index in [4.69, 9.17) is 4.74 Å². The Labute approximate surface area is 138 Å². The Kier molecular flexibility index (Phi) is 6.29. The molecular formula is C15H20BrN3OS. The predicted molar refractivity (Wildman–Crippen MR) is 89.8 cm³/mol. The third kappa shape index (κ3) is 4.85. The van der Waals surface area contributed by atoms with Crippen LogP contribution in [0.25, 0.3) is 0 Å². The molecule has 1 heterocycles. The van der Waals surface area contributed by atoms with Crippen molar-refractivity contribution in [3.63, 3.8) is 0 Å². The summed E-state index contributed by atoms with van der Waals surface area (Å²) in [6.45, 7) is 4.41. The van der Waals surface area contributed by atoms with Crippen LogP contribution in [-0.4, -0.2) is 30.0 Å². The van der Waals surface area contributed by atoms with Crippen molar-refractivity contribution in [1.82, 2.24) is 15.1 Å². The molecule has 0 fully saturated rings. The summed E-state index contributed by atoms with van der Waals surface area (Å²) in [4.78, 5) is 1.23. The monoisotopic (exact) mass is 369 g/mol. The number of methoxy groups -OCH3 is 1. The van der Waals surface area contributed by atoms with Crippen molar-refractivity contribution in [3.8, 4) is 0 Å². The largest absolute Gasteiger partial charge is 0.383 e. The summed E-state index contributed by atoms with van der Waals surface area (Å²) in [6.07, 6.45) is 0. The van der Waals surface area contributed by atoms with Gasteiger partial charge in [-0.15, -0.1) is 0 Å². The van der Waals surface area contributed by atoms with Crippen LogP contribution in [0, 0.1) is 6.92 Å². The van der Waals surface area contributed by atoms with E-state index in [1.54, 1.807) is 18.9 Å². The van der Waals surface area contributed by atoms with Gasteiger partial charge in [0.25, 0.3) is 0 Å². The van der Waals surface area contributed by atoms with Gasteiger partial charge in [-0.05, 0) is 30.7 Å². The van der Waals surface area contributed by atoms with Gasteiger partial charge in [0.05, 0.1) is 17.3 Å². The van der Waals surface area contributed by atoms with Gasteiger partial charge < -0.3 is 10.1 Å². The molecule has 0 aliphatic heterocycles. The lowest BCUT2D eigenvalue weighted by Crippen LogP contribution is -2.18. The van der Waals surface area contributed by atoms with E-state index in [0.717, 1.165) is 34.9 Å². The molecule has 2 aromatic rings. The van der Waals surface area contributed by atoms with E-state index in [-0.39, 0.29) is 0 Å². The lowest BCUT2D eigenvalue weighted by molar-refractivity contribution is 0.199. The van der Waals surface area contributed by atoms with Crippen molar-refractivity contribution in [2.45, 2.75) is 23.4 Å². The zero-order valence-corrected chi connectivity index (χ0v) is 14.9. The molecular weight excluding hydrogens is 350 g/mol. The van der Waals surface area contributed by atoms with Crippen LogP contribution in [0.5, 0.6) is 0 Å². The number of aryl methyl sites for hydroxylation is 2. The summed E-state index contributed by atoms with van der Waals surface area (Å²) in [5.41, 5.74) is 2.31. The van der Waals surface area contributed by atoms with Crippen LogP contribution >= 0.6 is 27.7 Å². The SMILES string of the molecule is COCCNCc1ccc(Br)cc1Sc1cc(C)nn1C. The summed E-state index contributed by atoms with van der Waals surface area (Å²) < 4.78 is 8.06. The van der Waals surface area contributed by atoms with Crippen LogP contribution in [0.2, 0.25) is 0 Å². The molecule has 21 heavy (non-hydrogen) atoms. The molecule has 2 rings (SSSR count). The van der Waals surface area contributed by atoms with E-state index >= 15 is 0 Å². The van der Waals surface area contributed by atoms with Gasteiger partial charge in [0.15, 0.2) is 0 Å². The number of hydrogen-bond acceptors (Lipinski definition) is 4. The van der Waals surface area contributed by atoms with Crippen LogP contribution in [0.15, 0.2) is 38.7 Å². The van der Waals surface area contributed by atoms with Crippen molar-refractivity contribution in [3.05, 3.63) is 40.0 Å². The highest BCUT2D eigenvalue weighted by atomic mass is 79.9. The third-order valence-electron chi connectivity index (χ3n) is 3.00. The van der Waals surface area contributed by atoms with Gasteiger partial charge in [0.2, 0.25) is 0 Å². The number of nitrogens with zero attached hydrogens (tertiary/aromatic N) is 2. The molecule has 0 amide bonds. The molecule has 114 valence electrons. The highest BCUT2D eigenvalue weighted by Crippen LogP contribution is 2.32. The Hall–Kier alpha value is -0.820. The zero-order valence-electron chi connectivity index (χ0n) is 12.5. The minimum absolute atomic E-state index is 0.722. The fourth-order valence-electron chi connectivity index (χ4n) is 1.96. The van der Waals surface area contributed by atoms with E-state index in [0.29, 0.717) is 0 Å². The second-order valence-electron chi connectivity index (χ2n) is 4.77. The Morgan fingerprint density at radius 3 is 2.86 bits per heavy atom. The van der Waals surface area contributed by atoms with Gasteiger partial charge in [-0.2, -0.15) is 5.10 Å². The first-order valence-corrected chi connectivity index (χ1v) is 8.37. The van der Waals surface area contributed by atoms with E-state index in [1.165, 1.54) is 10.5 Å². The third-order valence-corrected chi connectivity index (χ3v) is 4.69. The lowest BCUT2D eigenvalue weighted by atomic mass is 10.2. The lowest BCUT2D eigenvalue weighted by Gasteiger charge is -2.11. The number of aromatic nitrogens is 2. The van der Waals surface area contributed by atoms with Crippen molar-refractivity contribution in [2.75, 3.05) is 20.3 Å². The fourth-order valence-corrected chi connectivity index (χ4v) is 3.56. The highest BCUT2D eigenvalue weighted by Gasteiger charge is 2.09. The van der Waals surface area contributed by atoms with Crippen molar-refractivity contribution in [1.29, 1.82) is 0 Å². The number of hydrogen-bond donors (Lipinski definition) is 1. The summed E-state index contributed by atoms with van der Waals surface area (Å²) in [7, 11) is 3.69. The average Bonchev–Trinajstić information content (AvgIpc) is 2.75. The molecule has 0 bridgehead atoms. The van der Waals surface area contributed by atoms with Crippen LogP contribution in [0.4, 0.5) is 0 Å². The molecule has 0 radical (unpaired) electrons. The number of benzene rings is 1. The molecule has 1 aromatic carbocycles. The molecule has 0 aliphatic rings. The van der Waals surface area contributed by atoms with Crippen LogP contribution in [0.3, 0.4) is 0 Å². The summed E-state index contributed by atoms with van der Waals surface area (Å²) in [5.74, 6) is 0.